The summed E-state index contributed by atoms with van der Waals surface area (Å²) in [5.41, 5.74) is 0.135. The molecule has 408 valence electrons. The minimum atomic E-state index is -1.33. The SMILES string of the molecule is C[C@H](NC(=O)CNC(=O)CCC(=O)On1c(O)ccc1O)C(=O)N[C@@H](Cc1ccccc1)C(=O)N(CCCNCCN1C(=O)c2cccc3cc([N+](=O)[O-])cc(c23)C1=O)CCN1C(=O)c2cccc3cc([N+](=O)[O-])cc(c23)C1=O. The Balaban J connectivity index is 0.944. The Morgan fingerprint density at radius 3 is 1.77 bits per heavy atom. The predicted molar refractivity (Wildman–Crippen MR) is 277 cm³/mol. The Labute approximate surface area is 447 Å². The zero-order chi connectivity index (χ0) is 56.7. The fourth-order valence-corrected chi connectivity index (χ4v) is 9.22. The third kappa shape index (κ3) is 12.3. The van der Waals surface area contributed by atoms with Crippen molar-refractivity contribution >= 4 is 86.1 Å². The third-order valence-corrected chi connectivity index (χ3v) is 13.1. The molecule has 2 atom stereocenters. The zero-order valence-corrected chi connectivity index (χ0v) is 42.0. The Bertz CT molecular complexity index is 3470. The molecule has 0 spiro atoms. The van der Waals surface area contributed by atoms with Gasteiger partial charge in [-0.2, -0.15) is 0 Å². The van der Waals surface area contributed by atoms with Crippen LogP contribution in [0.5, 0.6) is 11.8 Å². The normalized spacial score (nSPS) is 13.5. The summed E-state index contributed by atoms with van der Waals surface area (Å²) in [4.78, 5) is 152. The predicted octanol–water partition coefficient (Wildman–Crippen LogP) is 2.51. The lowest BCUT2D eigenvalue weighted by Crippen LogP contribution is -2.56. The van der Waals surface area contributed by atoms with Crippen LogP contribution >= 0.6 is 0 Å². The number of benzene rings is 5. The number of hydrogen-bond donors (Lipinski definition) is 6. The lowest BCUT2D eigenvalue weighted by molar-refractivity contribution is -0.384. The molecule has 79 heavy (non-hydrogen) atoms. The molecule has 0 radical (unpaired) electrons. The van der Waals surface area contributed by atoms with Gasteiger partial charge in [0.05, 0.1) is 33.9 Å². The molecule has 0 aliphatic carbocycles. The van der Waals surface area contributed by atoms with Crippen LogP contribution in [0.1, 0.15) is 73.2 Å². The molecule has 0 saturated carbocycles. The van der Waals surface area contributed by atoms with Gasteiger partial charge in [0.2, 0.25) is 35.4 Å². The molecule has 6 N–H and O–H groups in total. The number of nitro groups is 2. The number of aromatic hydroxyl groups is 2. The van der Waals surface area contributed by atoms with Crippen molar-refractivity contribution in [3.05, 3.63) is 151 Å². The largest absolute Gasteiger partial charge is 0.492 e. The number of carbonyl (C=O) groups is 9. The summed E-state index contributed by atoms with van der Waals surface area (Å²) in [6, 6.07) is 22.1. The van der Waals surface area contributed by atoms with E-state index in [2.05, 4.69) is 21.3 Å². The highest BCUT2D eigenvalue weighted by atomic mass is 16.7. The number of nitro benzene ring substituents is 2. The Kier molecular flexibility index (Phi) is 16.6. The van der Waals surface area contributed by atoms with Gasteiger partial charge < -0.3 is 41.2 Å². The molecule has 0 bridgehead atoms. The van der Waals surface area contributed by atoms with Crippen LogP contribution in [0, 0.1) is 20.2 Å². The average molecular weight is 1080 g/mol. The Hall–Kier alpha value is -10.1. The highest BCUT2D eigenvalue weighted by Crippen LogP contribution is 2.35. The molecule has 1 aromatic heterocycles. The van der Waals surface area contributed by atoms with Crippen molar-refractivity contribution < 1.29 is 68.0 Å². The van der Waals surface area contributed by atoms with E-state index in [1.165, 1.54) is 42.2 Å². The van der Waals surface area contributed by atoms with Crippen molar-refractivity contribution in [1.82, 2.24) is 40.7 Å². The van der Waals surface area contributed by atoms with Crippen LogP contribution in [0.25, 0.3) is 21.5 Å². The lowest BCUT2D eigenvalue weighted by atomic mass is 9.93. The molecule has 3 heterocycles. The van der Waals surface area contributed by atoms with E-state index < -0.39 is 113 Å². The molecule has 0 saturated heterocycles. The summed E-state index contributed by atoms with van der Waals surface area (Å²) in [6.45, 7) is 0.0272. The number of non-ortho nitro benzene ring substituents is 2. The van der Waals surface area contributed by atoms with Crippen molar-refractivity contribution in [1.29, 1.82) is 0 Å². The second-order valence-corrected chi connectivity index (χ2v) is 18.4. The van der Waals surface area contributed by atoms with Gasteiger partial charge in [-0.1, -0.05) is 54.6 Å². The van der Waals surface area contributed by atoms with E-state index in [0.717, 1.165) is 34.1 Å². The molecule has 8 rings (SSSR count). The number of imide groups is 2. The molecule has 26 nitrogen and oxygen atoms in total. The Morgan fingerprint density at radius 2 is 1.20 bits per heavy atom. The molecular weight excluding hydrogens is 1030 g/mol. The van der Waals surface area contributed by atoms with Gasteiger partial charge in [-0.25, -0.2) is 4.79 Å². The van der Waals surface area contributed by atoms with Gasteiger partial charge in [0.1, 0.15) is 12.1 Å². The maximum atomic E-state index is 14.9. The minimum absolute atomic E-state index is 0.00489. The van der Waals surface area contributed by atoms with Crippen LogP contribution in [0.15, 0.2) is 103 Å². The molecule has 6 aromatic rings. The van der Waals surface area contributed by atoms with Crippen LogP contribution in [0.2, 0.25) is 0 Å². The first-order valence-corrected chi connectivity index (χ1v) is 24.7. The first-order valence-electron chi connectivity index (χ1n) is 24.7. The summed E-state index contributed by atoms with van der Waals surface area (Å²) in [5.74, 6) is -8.06. The average Bonchev–Trinajstić information content (AvgIpc) is 3.94. The summed E-state index contributed by atoms with van der Waals surface area (Å²) >= 11 is 0. The first kappa shape index (κ1) is 55.1. The molecule has 8 amide bonds. The smallest absolute Gasteiger partial charge is 0.333 e. The van der Waals surface area contributed by atoms with E-state index in [-0.39, 0.29) is 84.6 Å². The highest BCUT2D eigenvalue weighted by Gasteiger charge is 2.37. The first-order chi connectivity index (χ1) is 37.8. The number of amides is 8. The third-order valence-electron chi connectivity index (χ3n) is 13.1. The number of hydrogen-bond acceptors (Lipinski definition) is 17. The van der Waals surface area contributed by atoms with Crippen LogP contribution in [-0.2, 0) is 30.4 Å². The minimum Gasteiger partial charge on any atom is -0.492 e. The van der Waals surface area contributed by atoms with Crippen molar-refractivity contribution in [2.24, 2.45) is 0 Å². The fraction of sp³-hybridized carbons (Fsp3) is 0.264. The fourth-order valence-electron chi connectivity index (χ4n) is 9.22. The number of nitrogens with one attached hydrogen (secondary N) is 4. The summed E-state index contributed by atoms with van der Waals surface area (Å²) in [5, 5.41) is 54.7. The highest BCUT2D eigenvalue weighted by molar-refractivity contribution is 6.27. The molecule has 26 heteroatoms. The van der Waals surface area contributed by atoms with E-state index >= 15 is 0 Å². The molecule has 0 fully saturated rings. The summed E-state index contributed by atoms with van der Waals surface area (Å²) in [7, 11) is 0. The molecule has 0 unspecified atom stereocenters. The van der Waals surface area contributed by atoms with Gasteiger partial charge in [0.25, 0.3) is 35.0 Å². The number of carbonyl (C=O) groups excluding carboxylic acids is 9. The van der Waals surface area contributed by atoms with Crippen molar-refractivity contribution in [2.45, 2.75) is 44.7 Å². The zero-order valence-electron chi connectivity index (χ0n) is 42.0. The molecule has 5 aromatic carbocycles. The Morgan fingerprint density at radius 1 is 0.646 bits per heavy atom. The van der Waals surface area contributed by atoms with Crippen molar-refractivity contribution in [3.8, 4) is 11.8 Å². The maximum Gasteiger partial charge on any atom is 0.333 e. The number of rotatable bonds is 24. The van der Waals surface area contributed by atoms with Crippen molar-refractivity contribution in [2.75, 3.05) is 45.8 Å². The van der Waals surface area contributed by atoms with Crippen LogP contribution in [0.4, 0.5) is 11.4 Å². The standard InChI is InChI=1S/C53H50N10O16/c1-30(56-42(65)29-55-41(64)14-17-45(68)79-61-43(66)15-16-44(61)67)48(69)57-40(24-31-8-3-2-4-9-31)53(74)58(22-23-60-50(71)37-13-6-11-33-26-35(63(77)78)28-39(47(33)37)52(60)73)20-7-18-54-19-21-59-49(70)36-12-5-10-32-25-34(62(75)76)27-38(46(32)36)51(59)72/h2-6,8-13,15-16,25-28,30,40,54,66-67H,7,14,17-24,29H2,1H3,(H,55,64)(H,56,65)(H,57,69)/t30-,40-/m0/s1. The summed E-state index contributed by atoms with van der Waals surface area (Å²) < 4.78 is 0.448. The van der Waals surface area contributed by atoms with Crippen LogP contribution in [0.3, 0.4) is 0 Å². The van der Waals surface area contributed by atoms with Gasteiger partial charge in [-0.3, -0.25) is 68.4 Å². The monoisotopic (exact) mass is 1080 g/mol. The molecule has 2 aliphatic heterocycles. The van der Waals surface area contributed by atoms with Crippen LogP contribution < -0.4 is 26.1 Å². The molecular formula is C53H50N10O16. The van der Waals surface area contributed by atoms with Gasteiger partial charge in [0, 0.05) is 104 Å². The van der Waals surface area contributed by atoms with Gasteiger partial charge >= 0.3 is 5.97 Å². The van der Waals surface area contributed by atoms with Gasteiger partial charge in [-0.05, 0) is 48.4 Å². The molecule has 2 aliphatic rings. The van der Waals surface area contributed by atoms with E-state index in [0.29, 0.717) is 26.5 Å². The van der Waals surface area contributed by atoms with E-state index in [1.54, 1.807) is 48.5 Å². The number of aromatic nitrogens is 1. The van der Waals surface area contributed by atoms with Gasteiger partial charge in [0.15, 0.2) is 0 Å². The lowest BCUT2D eigenvalue weighted by Gasteiger charge is -2.32. The van der Waals surface area contributed by atoms with E-state index in [9.17, 15) is 73.6 Å². The topological polar surface area (TPSA) is 352 Å². The van der Waals surface area contributed by atoms with Gasteiger partial charge in [-0.15, -0.1) is 4.73 Å². The van der Waals surface area contributed by atoms with Crippen molar-refractivity contribution in [3.63, 3.8) is 0 Å². The van der Waals surface area contributed by atoms with Crippen LogP contribution in [-0.4, -0.2) is 151 Å². The summed E-state index contributed by atoms with van der Waals surface area (Å²) in [6.07, 6.45) is -0.844. The van der Waals surface area contributed by atoms with E-state index in [1.807, 2.05) is 0 Å². The second kappa shape index (κ2) is 23.8. The maximum absolute atomic E-state index is 14.9. The van der Waals surface area contributed by atoms with E-state index in [4.69, 9.17) is 4.84 Å². The second-order valence-electron chi connectivity index (χ2n) is 18.4. The number of nitrogens with zero attached hydrogens (tertiary/aromatic N) is 6. The quantitative estimate of drug-likeness (QED) is 0.0219.